The van der Waals surface area contributed by atoms with E-state index in [1.165, 1.54) is 17.8 Å². The maximum atomic E-state index is 13.6. The molecule has 1 atom stereocenters. The van der Waals surface area contributed by atoms with Crippen molar-refractivity contribution in [2.75, 3.05) is 12.8 Å². The number of aryl methyl sites for hydroxylation is 1. The van der Waals surface area contributed by atoms with E-state index in [9.17, 15) is 4.39 Å². The summed E-state index contributed by atoms with van der Waals surface area (Å²) in [5.41, 5.74) is 1.06. The van der Waals surface area contributed by atoms with Gasteiger partial charge in [-0.3, -0.25) is 4.68 Å². The van der Waals surface area contributed by atoms with E-state index in [-0.39, 0.29) is 11.9 Å². The first-order chi connectivity index (χ1) is 9.13. The highest BCUT2D eigenvalue weighted by molar-refractivity contribution is 9.10. The van der Waals surface area contributed by atoms with E-state index in [4.69, 9.17) is 0 Å². The molecule has 2 rings (SSSR count). The summed E-state index contributed by atoms with van der Waals surface area (Å²) >= 11 is 4.99. The molecule has 19 heavy (non-hydrogen) atoms. The Morgan fingerprint density at radius 1 is 1.47 bits per heavy atom. The Morgan fingerprint density at radius 2 is 2.21 bits per heavy atom. The third-order valence-corrected chi connectivity index (χ3v) is 4.61. The Bertz CT molecular complexity index is 539. The molecular formula is C13H15BrFN3S. The zero-order valence-corrected chi connectivity index (χ0v) is 13.1. The smallest absolute Gasteiger partial charge is 0.136 e. The predicted molar refractivity (Wildman–Crippen MR) is 79.8 cm³/mol. The first-order valence-corrected chi connectivity index (χ1v) is 7.63. The maximum absolute atomic E-state index is 13.6. The highest BCUT2D eigenvalue weighted by atomic mass is 79.9. The van der Waals surface area contributed by atoms with Gasteiger partial charge in [0, 0.05) is 17.7 Å². The number of thioether (sulfide) groups is 1. The molecule has 1 unspecified atom stereocenters. The molecule has 0 radical (unpaired) electrons. The van der Waals surface area contributed by atoms with Gasteiger partial charge in [-0.1, -0.05) is 12.1 Å². The molecule has 0 aliphatic carbocycles. The predicted octanol–water partition coefficient (Wildman–Crippen LogP) is 3.37. The molecule has 0 aliphatic rings. The second-order valence-corrected chi connectivity index (χ2v) is 6.00. The maximum Gasteiger partial charge on any atom is 0.136 e. The largest absolute Gasteiger partial charge is 0.311 e. The minimum Gasteiger partial charge on any atom is -0.311 e. The van der Waals surface area contributed by atoms with Crippen LogP contribution in [0.5, 0.6) is 0 Å². The van der Waals surface area contributed by atoms with Crippen LogP contribution in [0.25, 0.3) is 0 Å². The fraction of sp³-hybridized carbons (Fsp3) is 0.308. The summed E-state index contributed by atoms with van der Waals surface area (Å²) in [6.45, 7) is 0. The molecule has 6 heteroatoms. The average Bonchev–Trinajstić information content (AvgIpc) is 2.73. The molecule has 3 nitrogen and oxygen atoms in total. The van der Waals surface area contributed by atoms with Gasteiger partial charge in [0.05, 0.1) is 22.4 Å². The third kappa shape index (κ3) is 3.38. The highest BCUT2D eigenvalue weighted by Gasteiger charge is 2.18. The van der Waals surface area contributed by atoms with Crippen LogP contribution in [-0.2, 0) is 7.05 Å². The summed E-state index contributed by atoms with van der Waals surface area (Å²) in [6.07, 6.45) is 1.77. The van der Waals surface area contributed by atoms with Crippen LogP contribution in [0, 0.1) is 5.82 Å². The van der Waals surface area contributed by atoms with Crippen molar-refractivity contribution in [3.8, 4) is 0 Å². The molecule has 0 aliphatic heterocycles. The van der Waals surface area contributed by atoms with Gasteiger partial charge in [-0.15, -0.1) is 11.8 Å². The van der Waals surface area contributed by atoms with Crippen LogP contribution in [0.15, 0.2) is 39.8 Å². The van der Waals surface area contributed by atoms with E-state index in [0.29, 0.717) is 4.90 Å². The molecule has 1 aromatic heterocycles. The minimum atomic E-state index is -0.175. The van der Waals surface area contributed by atoms with E-state index >= 15 is 0 Å². The quantitative estimate of drug-likeness (QED) is 0.844. The lowest BCUT2D eigenvalue weighted by molar-refractivity contribution is 0.581. The summed E-state index contributed by atoms with van der Waals surface area (Å²) in [5, 5.41) is 7.45. The highest BCUT2D eigenvalue weighted by Crippen LogP contribution is 2.29. The molecule has 0 amide bonds. The zero-order valence-electron chi connectivity index (χ0n) is 10.7. The molecule has 0 saturated heterocycles. The van der Waals surface area contributed by atoms with E-state index in [1.807, 2.05) is 24.8 Å². The average molecular weight is 344 g/mol. The molecule has 0 bridgehead atoms. The first-order valence-electron chi connectivity index (χ1n) is 5.85. The molecule has 1 N–H and O–H groups in total. The van der Waals surface area contributed by atoms with Gasteiger partial charge in [0.25, 0.3) is 0 Å². The molecule has 2 aromatic rings. The Labute approximate surface area is 124 Å². The van der Waals surface area contributed by atoms with Crippen molar-refractivity contribution >= 4 is 27.7 Å². The van der Waals surface area contributed by atoms with Crippen molar-refractivity contribution in [1.82, 2.24) is 15.1 Å². The van der Waals surface area contributed by atoms with Crippen LogP contribution >= 0.6 is 27.7 Å². The third-order valence-electron chi connectivity index (χ3n) is 2.86. The van der Waals surface area contributed by atoms with Gasteiger partial charge >= 0.3 is 0 Å². The van der Waals surface area contributed by atoms with Crippen molar-refractivity contribution in [3.05, 3.63) is 46.4 Å². The molecule has 0 saturated carbocycles. The number of benzene rings is 1. The number of aromatic nitrogens is 2. The van der Waals surface area contributed by atoms with Gasteiger partial charge in [-0.2, -0.15) is 5.10 Å². The van der Waals surface area contributed by atoms with Crippen molar-refractivity contribution in [2.24, 2.45) is 7.05 Å². The summed E-state index contributed by atoms with van der Waals surface area (Å²) < 4.78 is 16.4. The second kappa shape index (κ2) is 6.54. The van der Waals surface area contributed by atoms with Gasteiger partial charge in [0.2, 0.25) is 0 Å². The van der Waals surface area contributed by atoms with E-state index in [1.54, 1.807) is 18.3 Å². The van der Waals surface area contributed by atoms with Gasteiger partial charge in [0.15, 0.2) is 0 Å². The number of hydrogen-bond acceptors (Lipinski definition) is 3. The Balaban J connectivity index is 2.11. The molecule has 102 valence electrons. The van der Waals surface area contributed by atoms with Crippen LogP contribution in [0.1, 0.15) is 11.7 Å². The monoisotopic (exact) mass is 343 g/mol. The number of rotatable bonds is 5. The normalized spacial score (nSPS) is 12.6. The lowest BCUT2D eigenvalue weighted by Crippen LogP contribution is -2.22. The van der Waals surface area contributed by atoms with Crippen LogP contribution in [-0.4, -0.2) is 22.6 Å². The fourth-order valence-corrected chi connectivity index (χ4v) is 3.52. The van der Waals surface area contributed by atoms with Gasteiger partial charge in [-0.25, -0.2) is 4.39 Å². The molecule has 0 fully saturated rings. The van der Waals surface area contributed by atoms with E-state index in [0.717, 1.165) is 15.9 Å². The topological polar surface area (TPSA) is 29.9 Å². The second-order valence-electron chi connectivity index (χ2n) is 4.08. The minimum absolute atomic E-state index is 0.103. The lowest BCUT2D eigenvalue weighted by atomic mass is 10.2. The number of halogens is 2. The van der Waals surface area contributed by atoms with E-state index in [2.05, 4.69) is 26.3 Å². The molecular weight excluding hydrogens is 329 g/mol. The SMILES string of the molecule is CNC(CSc1ccccc1F)c1c(Br)cnn1C. The van der Waals surface area contributed by atoms with E-state index < -0.39 is 0 Å². The summed E-state index contributed by atoms with van der Waals surface area (Å²) in [5.74, 6) is 0.557. The molecule has 1 aromatic carbocycles. The van der Waals surface area contributed by atoms with Crippen LogP contribution < -0.4 is 5.32 Å². The van der Waals surface area contributed by atoms with Crippen molar-refractivity contribution < 1.29 is 4.39 Å². The first kappa shape index (κ1) is 14.6. The number of nitrogens with zero attached hydrogens (tertiary/aromatic N) is 2. The van der Waals surface area contributed by atoms with Gasteiger partial charge in [-0.05, 0) is 35.1 Å². The fourth-order valence-electron chi connectivity index (χ4n) is 1.85. The Kier molecular flexibility index (Phi) is 5.01. The molecule has 1 heterocycles. The van der Waals surface area contributed by atoms with Gasteiger partial charge in [0.1, 0.15) is 5.82 Å². The number of nitrogens with one attached hydrogen (secondary N) is 1. The summed E-state index contributed by atoms with van der Waals surface area (Å²) in [6, 6.07) is 6.93. The Hall–Kier alpha value is -0.850. The van der Waals surface area contributed by atoms with Crippen LogP contribution in [0.4, 0.5) is 4.39 Å². The summed E-state index contributed by atoms with van der Waals surface area (Å²) in [7, 11) is 3.80. The standard InChI is InChI=1S/C13H15BrFN3S/c1-16-11(13-9(14)7-17-18(13)2)8-19-12-6-4-3-5-10(12)15/h3-7,11,16H,8H2,1-2H3. The zero-order chi connectivity index (χ0) is 13.8. The van der Waals surface area contributed by atoms with Crippen LogP contribution in [0.2, 0.25) is 0 Å². The molecule has 0 spiro atoms. The van der Waals surface area contributed by atoms with Crippen molar-refractivity contribution in [2.45, 2.75) is 10.9 Å². The summed E-state index contributed by atoms with van der Waals surface area (Å²) in [4.78, 5) is 0.668. The van der Waals surface area contributed by atoms with Gasteiger partial charge < -0.3 is 5.32 Å². The van der Waals surface area contributed by atoms with Crippen LogP contribution in [0.3, 0.4) is 0 Å². The van der Waals surface area contributed by atoms with Crippen molar-refractivity contribution in [1.29, 1.82) is 0 Å². The Morgan fingerprint density at radius 3 is 2.79 bits per heavy atom. The van der Waals surface area contributed by atoms with Crippen molar-refractivity contribution in [3.63, 3.8) is 0 Å². The number of hydrogen-bond donors (Lipinski definition) is 1. The lowest BCUT2D eigenvalue weighted by Gasteiger charge is -2.17.